The molecule has 1 unspecified atom stereocenters. The molecule has 7 heteroatoms. The number of sulfonamides is 1. The highest BCUT2D eigenvalue weighted by Crippen LogP contribution is 2.18. The van der Waals surface area contributed by atoms with E-state index >= 15 is 0 Å². The lowest BCUT2D eigenvalue weighted by Gasteiger charge is -2.20. The first-order chi connectivity index (χ1) is 9.42. The monoisotopic (exact) mass is 300 g/mol. The summed E-state index contributed by atoms with van der Waals surface area (Å²) in [6.07, 6.45) is 2.53. The van der Waals surface area contributed by atoms with Gasteiger partial charge in [0.25, 0.3) is 0 Å². The Hall–Kier alpha value is -0.890. The predicted molar refractivity (Wildman–Crippen MR) is 78.7 cm³/mol. The summed E-state index contributed by atoms with van der Waals surface area (Å²) < 4.78 is 27.0. The number of aromatic amines is 1. The summed E-state index contributed by atoms with van der Waals surface area (Å²) in [6, 6.07) is 2.10. The van der Waals surface area contributed by atoms with Gasteiger partial charge in [-0.25, -0.2) is 13.1 Å². The molecule has 0 bridgehead atoms. The fourth-order valence-electron chi connectivity index (χ4n) is 2.50. The van der Waals surface area contributed by atoms with Crippen LogP contribution in [0.3, 0.4) is 0 Å². The number of hydrogen-bond donors (Lipinski definition) is 3. The zero-order valence-corrected chi connectivity index (χ0v) is 12.9. The van der Waals surface area contributed by atoms with E-state index < -0.39 is 10.0 Å². The van der Waals surface area contributed by atoms with E-state index in [0.717, 1.165) is 25.2 Å². The first kappa shape index (κ1) is 15.5. The molecular formula is C13H24N4O2S. The van der Waals surface area contributed by atoms with Crippen LogP contribution >= 0.6 is 0 Å². The molecule has 0 aliphatic carbocycles. The second kappa shape index (κ2) is 6.26. The van der Waals surface area contributed by atoms with Crippen LogP contribution < -0.4 is 10.5 Å². The molecule has 0 saturated carbocycles. The second-order valence-corrected chi connectivity index (χ2v) is 7.43. The number of hydrogen-bond acceptors (Lipinski definition) is 4. The second-order valence-electron chi connectivity index (χ2n) is 5.66. The molecule has 0 amide bonds. The van der Waals surface area contributed by atoms with Gasteiger partial charge in [-0.05, 0) is 38.8 Å². The van der Waals surface area contributed by atoms with Crippen molar-refractivity contribution < 1.29 is 8.42 Å². The van der Waals surface area contributed by atoms with E-state index in [1.807, 2.05) is 0 Å². The minimum Gasteiger partial charge on any atom is -0.363 e. The van der Waals surface area contributed by atoms with Crippen molar-refractivity contribution >= 4 is 10.0 Å². The fourth-order valence-corrected chi connectivity index (χ4v) is 3.63. The van der Waals surface area contributed by atoms with Crippen molar-refractivity contribution in [2.45, 2.75) is 37.8 Å². The molecule has 0 aromatic carbocycles. The Labute approximate surface area is 120 Å². The highest BCUT2D eigenvalue weighted by Gasteiger charge is 2.26. The van der Waals surface area contributed by atoms with Gasteiger partial charge in [-0.3, -0.25) is 0 Å². The van der Waals surface area contributed by atoms with Crippen LogP contribution in [0.25, 0.3) is 0 Å². The molecule has 4 N–H and O–H groups in total. The van der Waals surface area contributed by atoms with Crippen molar-refractivity contribution in [2.75, 3.05) is 19.6 Å². The summed E-state index contributed by atoms with van der Waals surface area (Å²) in [5.74, 6) is 0.389. The van der Waals surface area contributed by atoms with E-state index in [9.17, 15) is 8.42 Å². The van der Waals surface area contributed by atoms with E-state index in [1.54, 1.807) is 6.07 Å². The summed E-state index contributed by atoms with van der Waals surface area (Å²) in [4.78, 5) is 5.50. The molecule has 1 aliphatic heterocycles. The van der Waals surface area contributed by atoms with Gasteiger partial charge in [0, 0.05) is 37.6 Å². The van der Waals surface area contributed by atoms with E-state index in [1.165, 1.54) is 6.20 Å². The van der Waals surface area contributed by atoms with E-state index in [4.69, 9.17) is 5.73 Å². The number of likely N-dealkylation sites (tertiary alicyclic amines) is 1. The number of H-pyrrole nitrogens is 1. The summed E-state index contributed by atoms with van der Waals surface area (Å²) in [5.41, 5.74) is 6.19. The maximum absolute atomic E-state index is 12.1. The molecule has 0 radical (unpaired) electrons. The molecule has 0 spiro atoms. The molecular weight excluding hydrogens is 276 g/mol. The van der Waals surface area contributed by atoms with E-state index in [-0.39, 0.29) is 4.90 Å². The van der Waals surface area contributed by atoms with Crippen LogP contribution in [0.5, 0.6) is 0 Å². The Morgan fingerprint density at radius 2 is 2.30 bits per heavy atom. The molecule has 2 rings (SSSR count). The normalized spacial score (nSPS) is 20.9. The van der Waals surface area contributed by atoms with Crippen molar-refractivity contribution in [3.05, 3.63) is 18.0 Å². The SMILES string of the molecule is CC(C)N1CCC(CNS(=O)(=O)c2c[nH]c(CN)c2)C1. The number of nitrogens with zero attached hydrogens (tertiary/aromatic N) is 1. The minimum atomic E-state index is -3.43. The number of rotatable bonds is 6. The quantitative estimate of drug-likeness (QED) is 0.713. The van der Waals surface area contributed by atoms with Gasteiger partial charge >= 0.3 is 0 Å². The van der Waals surface area contributed by atoms with E-state index in [2.05, 4.69) is 28.5 Å². The predicted octanol–water partition coefficient (Wildman–Crippen LogP) is 0.482. The van der Waals surface area contributed by atoms with Gasteiger partial charge in [0.2, 0.25) is 10.0 Å². The maximum atomic E-state index is 12.1. The molecule has 1 fully saturated rings. The summed E-state index contributed by atoms with van der Waals surface area (Å²) in [5, 5.41) is 0. The van der Waals surface area contributed by atoms with Crippen LogP contribution in [0.1, 0.15) is 26.0 Å². The molecule has 114 valence electrons. The van der Waals surface area contributed by atoms with Gasteiger partial charge in [0.05, 0.1) is 4.90 Å². The molecule has 20 heavy (non-hydrogen) atoms. The number of aromatic nitrogens is 1. The third-order valence-corrected chi connectivity index (χ3v) is 5.26. The zero-order chi connectivity index (χ0) is 14.8. The van der Waals surface area contributed by atoms with Crippen LogP contribution in [-0.2, 0) is 16.6 Å². The number of nitrogens with two attached hydrogens (primary N) is 1. The minimum absolute atomic E-state index is 0.261. The Morgan fingerprint density at radius 1 is 1.55 bits per heavy atom. The summed E-state index contributed by atoms with van der Waals surface area (Å²) >= 11 is 0. The van der Waals surface area contributed by atoms with Gasteiger partial charge in [-0.2, -0.15) is 0 Å². The highest BCUT2D eigenvalue weighted by atomic mass is 32.2. The van der Waals surface area contributed by atoms with Crippen LogP contribution in [0.15, 0.2) is 17.2 Å². The Balaban J connectivity index is 1.90. The van der Waals surface area contributed by atoms with Gasteiger partial charge in [0.1, 0.15) is 0 Å². The summed E-state index contributed by atoms with van der Waals surface area (Å²) in [7, 11) is -3.43. The van der Waals surface area contributed by atoms with Crippen LogP contribution in [0.2, 0.25) is 0 Å². The lowest BCUT2D eigenvalue weighted by Crippen LogP contribution is -2.32. The lowest BCUT2D eigenvalue weighted by atomic mass is 10.1. The maximum Gasteiger partial charge on any atom is 0.242 e. The molecule has 1 saturated heterocycles. The standard InChI is InChI=1S/C13H24N4O2S/c1-10(2)17-4-3-11(9-17)7-16-20(18,19)13-5-12(6-14)15-8-13/h5,8,10-11,15-16H,3-4,6-7,9,14H2,1-2H3. The van der Waals surface area contributed by atoms with Gasteiger partial charge in [-0.15, -0.1) is 0 Å². The zero-order valence-electron chi connectivity index (χ0n) is 12.1. The first-order valence-corrected chi connectivity index (χ1v) is 8.51. The van der Waals surface area contributed by atoms with Gasteiger partial charge in [0.15, 0.2) is 0 Å². The topological polar surface area (TPSA) is 91.2 Å². The molecule has 1 aliphatic rings. The third kappa shape index (κ3) is 3.60. The number of nitrogens with one attached hydrogen (secondary N) is 2. The van der Waals surface area contributed by atoms with Gasteiger partial charge < -0.3 is 15.6 Å². The van der Waals surface area contributed by atoms with Crippen molar-refractivity contribution in [1.82, 2.24) is 14.6 Å². The smallest absolute Gasteiger partial charge is 0.242 e. The van der Waals surface area contributed by atoms with Crippen molar-refractivity contribution in [1.29, 1.82) is 0 Å². The molecule has 1 atom stereocenters. The van der Waals surface area contributed by atoms with Crippen molar-refractivity contribution in [3.63, 3.8) is 0 Å². The Bertz CT molecular complexity index is 538. The fraction of sp³-hybridized carbons (Fsp3) is 0.692. The summed E-state index contributed by atoms with van der Waals surface area (Å²) in [6.45, 7) is 7.14. The van der Waals surface area contributed by atoms with E-state index in [0.29, 0.717) is 25.0 Å². The molecule has 1 aromatic heterocycles. The third-order valence-electron chi connectivity index (χ3n) is 3.86. The molecule has 6 nitrogen and oxygen atoms in total. The van der Waals surface area contributed by atoms with Crippen LogP contribution in [0.4, 0.5) is 0 Å². The molecule has 2 heterocycles. The van der Waals surface area contributed by atoms with Crippen molar-refractivity contribution in [2.24, 2.45) is 11.7 Å². The largest absolute Gasteiger partial charge is 0.363 e. The molecule has 1 aromatic rings. The first-order valence-electron chi connectivity index (χ1n) is 7.03. The van der Waals surface area contributed by atoms with Crippen LogP contribution in [-0.4, -0.2) is 44.0 Å². The average molecular weight is 300 g/mol. The lowest BCUT2D eigenvalue weighted by molar-refractivity contribution is 0.265. The average Bonchev–Trinajstić information content (AvgIpc) is 3.05. The van der Waals surface area contributed by atoms with Gasteiger partial charge in [-0.1, -0.05) is 0 Å². The van der Waals surface area contributed by atoms with Crippen molar-refractivity contribution in [3.8, 4) is 0 Å². The Morgan fingerprint density at radius 3 is 2.85 bits per heavy atom. The Kier molecular flexibility index (Phi) is 4.85. The van der Waals surface area contributed by atoms with Crippen LogP contribution in [0, 0.1) is 5.92 Å². The highest BCUT2D eigenvalue weighted by molar-refractivity contribution is 7.89.